The van der Waals surface area contributed by atoms with Gasteiger partial charge < -0.3 is 10.6 Å². The normalized spacial score (nSPS) is 12.0. The van der Waals surface area contributed by atoms with Crippen LogP contribution in [0.3, 0.4) is 0 Å². The molecule has 1 atom stereocenters. The summed E-state index contributed by atoms with van der Waals surface area (Å²) in [5.74, 6) is 0.183. The first-order chi connectivity index (χ1) is 9.63. The van der Waals surface area contributed by atoms with Crippen molar-refractivity contribution >= 4 is 39.7 Å². The molecule has 0 bridgehead atoms. The fraction of sp³-hybridized carbons (Fsp3) is 0.438. The summed E-state index contributed by atoms with van der Waals surface area (Å²) in [6.07, 6.45) is 2.44. The molecular weight excluding hydrogens is 304 g/mol. The van der Waals surface area contributed by atoms with E-state index in [9.17, 15) is 4.79 Å². The first-order valence-electron chi connectivity index (χ1n) is 7.04. The molecule has 0 saturated heterocycles. The molecule has 5 heteroatoms. The average Bonchev–Trinajstić information content (AvgIpc) is 2.89. The number of hydrogen-bond acceptors (Lipinski definition) is 3. The molecule has 0 fully saturated rings. The molecular formula is C16H23ClN2OS. The van der Waals surface area contributed by atoms with Gasteiger partial charge >= 0.3 is 0 Å². The molecule has 0 radical (unpaired) electrons. The van der Waals surface area contributed by atoms with Crippen LogP contribution in [0.25, 0.3) is 10.1 Å². The largest absolute Gasteiger partial charge is 0.342 e. The highest BCUT2D eigenvalue weighted by molar-refractivity contribution is 7.17. The van der Waals surface area contributed by atoms with Gasteiger partial charge in [-0.1, -0.05) is 18.2 Å². The molecule has 21 heavy (non-hydrogen) atoms. The zero-order chi connectivity index (χ0) is 14.5. The average molecular weight is 327 g/mol. The SMILES string of the molecule is CC(CN)N(C)C(=O)CCCc1csc2ccccc12.Cl. The number of likely N-dealkylation sites (N-methyl/N-ethyl adjacent to an activating group) is 1. The van der Waals surface area contributed by atoms with Crippen molar-refractivity contribution in [2.24, 2.45) is 5.73 Å². The van der Waals surface area contributed by atoms with Crippen LogP contribution < -0.4 is 5.73 Å². The lowest BCUT2D eigenvalue weighted by Gasteiger charge is -2.23. The summed E-state index contributed by atoms with van der Waals surface area (Å²) in [6.45, 7) is 2.49. The molecule has 0 saturated carbocycles. The van der Waals surface area contributed by atoms with Crippen LogP contribution in [-0.4, -0.2) is 30.4 Å². The first kappa shape index (κ1) is 18.0. The lowest BCUT2D eigenvalue weighted by molar-refractivity contribution is -0.131. The van der Waals surface area contributed by atoms with Gasteiger partial charge in [-0.3, -0.25) is 4.79 Å². The molecule has 1 aromatic carbocycles. The van der Waals surface area contributed by atoms with E-state index in [4.69, 9.17) is 5.73 Å². The van der Waals surface area contributed by atoms with Crippen LogP contribution in [0.1, 0.15) is 25.3 Å². The second kappa shape index (κ2) is 8.37. The Morgan fingerprint density at radius 2 is 2.10 bits per heavy atom. The number of halogens is 1. The molecule has 1 heterocycles. The molecule has 0 aliphatic heterocycles. The highest BCUT2D eigenvalue weighted by Crippen LogP contribution is 2.26. The number of fused-ring (bicyclic) bond motifs is 1. The van der Waals surface area contributed by atoms with Crippen LogP contribution >= 0.6 is 23.7 Å². The Hall–Kier alpha value is -1.10. The molecule has 3 nitrogen and oxygen atoms in total. The Morgan fingerprint density at radius 3 is 2.81 bits per heavy atom. The number of nitrogens with two attached hydrogens (primary N) is 1. The van der Waals surface area contributed by atoms with Crippen LogP contribution in [0.4, 0.5) is 0 Å². The lowest BCUT2D eigenvalue weighted by atomic mass is 10.1. The van der Waals surface area contributed by atoms with Crippen molar-refractivity contribution in [2.45, 2.75) is 32.2 Å². The molecule has 1 aromatic heterocycles. The standard InChI is InChI=1S/C16H22N2OS.ClH/c1-12(10-17)18(2)16(19)9-5-6-13-11-20-15-8-4-3-7-14(13)15;/h3-4,7-8,11-12H,5-6,9-10,17H2,1-2H3;1H. The number of carbonyl (C=O) groups is 1. The van der Waals surface area contributed by atoms with E-state index in [1.54, 1.807) is 16.2 Å². The minimum atomic E-state index is 0. The van der Waals surface area contributed by atoms with E-state index in [1.807, 2.05) is 14.0 Å². The molecule has 1 amide bonds. The first-order valence-corrected chi connectivity index (χ1v) is 7.92. The van der Waals surface area contributed by atoms with E-state index in [-0.39, 0.29) is 24.4 Å². The van der Waals surface area contributed by atoms with Gasteiger partial charge in [0.05, 0.1) is 0 Å². The summed E-state index contributed by atoms with van der Waals surface area (Å²) in [5.41, 5.74) is 6.94. The fourth-order valence-corrected chi connectivity index (χ4v) is 3.23. The van der Waals surface area contributed by atoms with Crippen LogP contribution in [0.5, 0.6) is 0 Å². The number of carbonyl (C=O) groups excluding carboxylic acids is 1. The van der Waals surface area contributed by atoms with Crippen molar-refractivity contribution in [2.75, 3.05) is 13.6 Å². The molecule has 0 aliphatic carbocycles. The molecule has 0 spiro atoms. The van der Waals surface area contributed by atoms with Gasteiger partial charge in [0.1, 0.15) is 0 Å². The predicted octanol–water partition coefficient (Wildman–Crippen LogP) is 3.45. The Balaban J connectivity index is 0.00000220. The lowest BCUT2D eigenvalue weighted by Crippen LogP contribution is -2.39. The van der Waals surface area contributed by atoms with Gasteiger partial charge in [-0.2, -0.15) is 0 Å². The summed E-state index contributed by atoms with van der Waals surface area (Å²) in [7, 11) is 1.83. The number of hydrogen-bond donors (Lipinski definition) is 1. The molecule has 1 unspecified atom stereocenters. The zero-order valence-corrected chi connectivity index (χ0v) is 14.2. The number of rotatable bonds is 6. The van der Waals surface area contributed by atoms with Gasteiger partial charge in [0.2, 0.25) is 5.91 Å². The highest BCUT2D eigenvalue weighted by atomic mass is 35.5. The number of aryl methyl sites for hydroxylation is 1. The minimum absolute atomic E-state index is 0. The molecule has 116 valence electrons. The van der Waals surface area contributed by atoms with Crippen LogP contribution in [0, 0.1) is 0 Å². The molecule has 0 aliphatic rings. The summed E-state index contributed by atoms with van der Waals surface area (Å²) in [4.78, 5) is 13.8. The topological polar surface area (TPSA) is 46.3 Å². The third kappa shape index (κ3) is 4.43. The van der Waals surface area contributed by atoms with Crippen molar-refractivity contribution in [1.82, 2.24) is 4.90 Å². The summed E-state index contributed by atoms with van der Waals surface area (Å²) in [5, 5.41) is 3.54. The van der Waals surface area contributed by atoms with Crippen molar-refractivity contribution in [1.29, 1.82) is 0 Å². The van der Waals surface area contributed by atoms with Crippen LogP contribution in [0.2, 0.25) is 0 Å². The Kier molecular flexibility index (Phi) is 7.15. The van der Waals surface area contributed by atoms with Gasteiger partial charge in [0, 0.05) is 30.8 Å². The second-order valence-corrected chi connectivity index (χ2v) is 6.11. The Morgan fingerprint density at radius 1 is 1.38 bits per heavy atom. The molecule has 2 N–H and O–H groups in total. The van der Waals surface area contributed by atoms with Gasteiger partial charge in [-0.25, -0.2) is 0 Å². The third-order valence-corrected chi connectivity index (χ3v) is 4.81. The van der Waals surface area contributed by atoms with Crippen LogP contribution in [-0.2, 0) is 11.2 Å². The second-order valence-electron chi connectivity index (χ2n) is 5.20. The maximum absolute atomic E-state index is 12.0. The van der Waals surface area contributed by atoms with E-state index in [0.717, 1.165) is 12.8 Å². The smallest absolute Gasteiger partial charge is 0.222 e. The minimum Gasteiger partial charge on any atom is -0.342 e. The Bertz CT molecular complexity index is 584. The Labute approximate surface area is 136 Å². The number of amides is 1. The molecule has 2 aromatic rings. The van der Waals surface area contributed by atoms with E-state index in [1.165, 1.54) is 15.6 Å². The molecule has 2 rings (SSSR count). The van der Waals surface area contributed by atoms with E-state index in [0.29, 0.717) is 13.0 Å². The van der Waals surface area contributed by atoms with Gasteiger partial charge in [0.25, 0.3) is 0 Å². The monoisotopic (exact) mass is 326 g/mol. The van der Waals surface area contributed by atoms with E-state index < -0.39 is 0 Å². The van der Waals surface area contributed by atoms with E-state index in [2.05, 4.69) is 29.6 Å². The van der Waals surface area contributed by atoms with Crippen LogP contribution in [0.15, 0.2) is 29.6 Å². The zero-order valence-electron chi connectivity index (χ0n) is 12.5. The van der Waals surface area contributed by atoms with Gasteiger partial charge in [-0.15, -0.1) is 23.7 Å². The van der Waals surface area contributed by atoms with Crippen molar-refractivity contribution in [3.05, 3.63) is 35.2 Å². The highest BCUT2D eigenvalue weighted by Gasteiger charge is 2.14. The maximum atomic E-state index is 12.0. The van der Waals surface area contributed by atoms with Crippen molar-refractivity contribution < 1.29 is 4.79 Å². The summed E-state index contributed by atoms with van der Waals surface area (Å²) >= 11 is 1.78. The number of thiophene rings is 1. The summed E-state index contributed by atoms with van der Waals surface area (Å²) in [6, 6.07) is 8.55. The maximum Gasteiger partial charge on any atom is 0.222 e. The number of benzene rings is 1. The van der Waals surface area contributed by atoms with E-state index >= 15 is 0 Å². The van der Waals surface area contributed by atoms with Gasteiger partial charge in [-0.05, 0) is 42.2 Å². The van der Waals surface area contributed by atoms with Crippen molar-refractivity contribution in [3.8, 4) is 0 Å². The quantitative estimate of drug-likeness (QED) is 0.883. The summed E-state index contributed by atoms with van der Waals surface area (Å²) < 4.78 is 1.32. The predicted molar refractivity (Wildman–Crippen MR) is 93.3 cm³/mol. The third-order valence-electron chi connectivity index (χ3n) is 3.79. The van der Waals surface area contributed by atoms with Crippen molar-refractivity contribution in [3.63, 3.8) is 0 Å². The fourth-order valence-electron chi connectivity index (χ4n) is 2.24. The van der Waals surface area contributed by atoms with Gasteiger partial charge in [0.15, 0.2) is 0 Å². The number of nitrogens with zero attached hydrogens (tertiary/aromatic N) is 1.